The number of rotatable bonds is 6. The van der Waals surface area contributed by atoms with Gasteiger partial charge in [-0.2, -0.15) is 5.26 Å². The highest BCUT2D eigenvalue weighted by molar-refractivity contribution is 7.22. The second-order valence-corrected chi connectivity index (χ2v) is 10.4. The van der Waals surface area contributed by atoms with Crippen molar-refractivity contribution in [1.29, 1.82) is 5.26 Å². The van der Waals surface area contributed by atoms with E-state index in [9.17, 15) is 20.0 Å². The summed E-state index contributed by atoms with van der Waals surface area (Å²) in [7, 11) is 0. The number of nitriles is 1. The third-order valence-corrected chi connectivity index (χ3v) is 7.91. The molecule has 1 aliphatic heterocycles. The number of β-amino-alcohol motifs (C(OH)–C–C–N with tert-alkyl or cyclic N) is 1. The first-order valence-electron chi connectivity index (χ1n) is 12.3. The number of carbonyl (C=O) groups is 2. The standard InChI is InChI=1S/C26H28N6O3S/c27-16-31-15-19(33)13-21(31)25(35)32(26-30-20-10-4-5-11-22(20)36-26)23(17-7-6-12-28-14-17)24(34)29-18-8-2-1-3-9-18/h4-7,10-12,14,18-19,21,23,33H,1-3,8-9,13,15H2,(H,29,34). The van der Waals surface area contributed by atoms with E-state index in [0.717, 1.165) is 42.3 Å². The second-order valence-electron chi connectivity index (χ2n) is 9.36. The van der Waals surface area contributed by atoms with Crippen LogP contribution in [0, 0.1) is 11.5 Å². The van der Waals surface area contributed by atoms with Gasteiger partial charge in [-0.05, 0) is 31.0 Å². The molecule has 9 nitrogen and oxygen atoms in total. The molecular weight excluding hydrogens is 476 g/mol. The van der Waals surface area contributed by atoms with E-state index in [1.54, 1.807) is 24.5 Å². The summed E-state index contributed by atoms with van der Waals surface area (Å²) in [6, 6.07) is 9.19. The Hall–Kier alpha value is -3.55. The van der Waals surface area contributed by atoms with Gasteiger partial charge in [-0.1, -0.05) is 48.8 Å². The molecule has 1 saturated carbocycles. The first-order valence-corrected chi connectivity index (χ1v) is 13.1. The summed E-state index contributed by atoms with van der Waals surface area (Å²) in [5.74, 6) is -0.746. The van der Waals surface area contributed by atoms with Gasteiger partial charge in [0.1, 0.15) is 12.1 Å². The number of benzene rings is 1. The smallest absolute Gasteiger partial charge is 0.253 e. The maximum Gasteiger partial charge on any atom is 0.253 e. The summed E-state index contributed by atoms with van der Waals surface area (Å²) in [6.45, 7) is 0.0758. The Labute approximate surface area is 213 Å². The van der Waals surface area contributed by atoms with E-state index in [2.05, 4.69) is 10.3 Å². The first kappa shape index (κ1) is 24.2. The molecule has 1 aliphatic carbocycles. The monoisotopic (exact) mass is 504 g/mol. The highest BCUT2D eigenvalue weighted by atomic mass is 32.1. The fourth-order valence-corrected chi connectivity index (χ4v) is 6.10. The lowest BCUT2D eigenvalue weighted by molar-refractivity contribution is -0.128. The van der Waals surface area contributed by atoms with Crippen LogP contribution in [0.3, 0.4) is 0 Å². The molecule has 0 bridgehead atoms. The van der Waals surface area contributed by atoms with Crippen LogP contribution >= 0.6 is 11.3 Å². The second kappa shape index (κ2) is 10.6. The molecule has 36 heavy (non-hydrogen) atoms. The largest absolute Gasteiger partial charge is 0.391 e. The Balaban J connectivity index is 1.59. The molecule has 0 radical (unpaired) electrons. The minimum absolute atomic E-state index is 0.0432. The lowest BCUT2D eigenvalue weighted by Gasteiger charge is -2.33. The van der Waals surface area contributed by atoms with E-state index < -0.39 is 24.1 Å². The number of anilines is 1. The minimum atomic E-state index is -1.02. The zero-order valence-corrected chi connectivity index (χ0v) is 20.6. The van der Waals surface area contributed by atoms with Gasteiger partial charge < -0.3 is 10.4 Å². The van der Waals surface area contributed by atoms with Crippen LogP contribution < -0.4 is 10.2 Å². The Morgan fingerprint density at radius 1 is 1.19 bits per heavy atom. The van der Waals surface area contributed by atoms with Crippen molar-refractivity contribution in [2.75, 3.05) is 11.4 Å². The van der Waals surface area contributed by atoms with Crippen LogP contribution in [-0.4, -0.2) is 56.5 Å². The number of nitrogens with one attached hydrogen (secondary N) is 1. The van der Waals surface area contributed by atoms with Crippen molar-refractivity contribution in [2.45, 2.75) is 62.8 Å². The Morgan fingerprint density at radius 3 is 2.72 bits per heavy atom. The molecule has 3 unspecified atom stereocenters. The summed E-state index contributed by atoms with van der Waals surface area (Å²) in [5, 5.41) is 23.4. The fourth-order valence-electron chi connectivity index (χ4n) is 5.10. The molecule has 2 aromatic heterocycles. The van der Waals surface area contributed by atoms with Gasteiger partial charge in [-0.15, -0.1) is 0 Å². The van der Waals surface area contributed by atoms with Crippen LogP contribution in [0.2, 0.25) is 0 Å². The number of thiazole rings is 1. The average Bonchev–Trinajstić information content (AvgIpc) is 3.50. The molecule has 1 aromatic carbocycles. The predicted molar refractivity (Wildman–Crippen MR) is 136 cm³/mol. The van der Waals surface area contributed by atoms with Crippen LogP contribution in [-0.2, 0) is 9.59 Å². The Kier molecular flexibility index (Phi) is 7.11. The maximum atomic E-state index is 14.1. The number of hydrogen-bond acceptors (Lipinski definition) is 8. The Bertz CT molecular complexity index is 1240. The van der Waals surface area contributed by atoms with Crippen LogP contribution in [0.5, 0.6) is 0 Å². The van der Waals surface area contributed by atoms with Crippen LogP contribution in [0.15, 0.2) is 48.8 Å². The number of aliphatic hydroxyl groups excluding tert-OH is 1. The lowest BCUT2D eigenvalue weighted by Crippen LogP contribution is -2.51. The number of amides is 2. The summed E-state index contributed by atoms with van der Waals surface area (Å²) in [6.07, 6.45) is 9.61. The third-order valence-electron chi connectivity index (χ3n) is 6.88. The summed E-state index contributed by atoms with van der Waals surface area (Å²) in [4.78, 5) is 39.7. The number of likely N-dealkylation sites (tertiary alicyclic amines) is 1. The zero-order chi connectivity index (χ0) is 25.1. The number of nitrogens with zero attached hydrogens (tertiary/aromatic N) is 5. The van der Waals surface area contributed by atoms with Crippen molar-refractivity contribution in [1.82, 2.24) is 20.2 Å². The van der Waals surface area contributed by atoms with Gasteiger partial charge in [0, 0.05) is 30.4 Å². The topological polar surface area (TPSA) is 122 Å². The molecule has 3 heterocycles. The number of hydrogen-bond donors (Lipinski definition) is 2. The van der Waals surface area contributed by atoms with E-state index in [1.165, 1.54) is 21.1 Å². The Morgan fingerprint density at radius 2 is 2.00 bits per heavy atom. The third kappa shape index (κ3) is 4.90. The molecule has 2 amide bonds. The first-order chi connectivity index (χ1) is 17.5. The minimum Gasteiger partial charge on any atom is -0.391 e. The SMILES string of the molecule is N#CN1CC(O)CC1C(=O)N(c1nc2ccccc2s1)C(C(=O)NC1CCCCC1)c1cccnc1. The van der Waals surface area contributed by atoms with Crippen molar-refractivity contribution in [2.24, 2.45) is 0 Å². The zero-order valence-electron chi connectivity index (χ0n) is 19.8. The van der Waals surface area contributed by atoms with E-state index in [-0.39, 0.29) is 24.9 Å². The molecule has 5 rings (SSSR count). The highest BCUT2D eigenvalue weighted by Crippen LogP contribution is 2.36. The molecule has 10 heteroatoms. The van der Waals surface area contributed by atoms with Gasteiger partial charge >= 0.3 is 0 Å². The normalized spacial score (nSPS) is 21.2. The highest BCUT2D eigenvalue weighted by Gasteiger charge is 2.44. The van der Waals surface area contributed by atoms with E-state index in [0.29, 0.717) is 10.7 Å². The van der Waals surface area contributed by atoms with Gasteiger partial charge in [-0.25, -0.2) is 4.98 Å². The summed E-state index contributed by atoms with van der Waals surface area (Å²) in [5.41, 5.74) is 1.27. The molecule has 2 aliphatic rings. The van der Waals surface area contributed by atoms with Crippen LogP contribution in [0.4, 0.5) is 5.13 Å². The van der Waals surface area contributed by atoms with Crippen LogP contribution in [0.25, 0.3) is 10.2 Å². The van der Waals surface area contributed by atoms with Crippen LogP contribution in [0.1, 0.15) is 50.1 Å². The molecule has 186 valence electrons. The van der Waals surface area contributed by atoms with Gasteiger partial charge in [0.2, 0.25) is 5.91 Å². The van der Waals surface area contributed by atoms with Crippen molar-refractivity contribution < 1.29 is 14.7 Å². The number of pyridine rings is 1. The fraction of sp³-hybridized carbons (Fsp3) is 0.423. The number of para-hydroxylation sites is 1. The molecule has 1 saturated heterocycles. The van der Waals surface area contributed by atoms with E-state index in [1.807, 2.05) is 30.5 Å². The quantitative estimate of drug-likeness (QED) is 0.495. The molecule has 2 fully saturated rings. The van der Waals surface area contributed by atoms with Gasteiger partial charge in [-0.3, -0.25) is 24.4 Å². The molecular formula is C26H28N6O3S. The van der Waals surface area contributed by atoms with E-state index >= 15 is 0 Å². The number of aliphatic hydroxyl groups is 1. The average molecular weight is 505 g/mol. The van der Waals surface area contributed by atoms with Crippen molar-refractivity contribution in [3.63, 3.8) is 0 Å². The predicted octanol–water partition coefficient (Wildman–Crippen LogP) is 3.13. The molecule has 3 aromatic rings. The summed E-state index contributed by atoms with van der Waals surface area (Å²) >= 11 is 1.32. The van der Waals surface area contributed by atoms with Gasteiger partial charge in [0.05, 0.1) is 22.9 Å². The molecule has 3 atom stereocenters. The van der Waals surface area contributed by atoms with Crippen molar-refractivity contribution in [3.8, 4) is 6.19 Å². The lowest BCUT2D eigenvalue weighted by atomic mass is 9.95. The molecule has 0 spiro atoms. The van der Waals surface area contributed by atoms with Gasteiger partial charge in [0.25, 0.3) is 5.91 Å². The number of aromatic nitrogens is 2. The van der Waals surface area contributed by atoms with Gasteiger partial charge in [0.15, 0.2) is 11.3 Å². The maximum absolute atomic E-state index is 14.1. The van der Waals surface area contributed by atoms with E-state index in [4.69, 9.17) is 4.98 Å². The number of fused-ring (bicyclic) bond motifs is 1. The van der Waals surface area contributed by atoms with Crippen molar-refractivity contribution >= 4 is 38.5 Å². The van der Waals surface area contributed by atoms with Crippen molar-refractivity contribution in [3.05, 3.63) is 54.4 Å². The number of carbonyl (C=O) groups excluding carboxylic acids is 2. The summed E-state index contributed by atoms with van der Waals surface area (Å²) < 4.78 is 0.881. The molecule has 2 N–H and O–H groups in total.